The van der Waals surface area contributed by atoms with Gasteiger partial charge in [0.1, 0.15) is 0 Å². The summed E-state index contributed by atoms with van der Waals surface area (Å²) < 4.78 is 37.3. The summed E-state index contributed by atoms with van der Waals surface area (Å²) in [6.07, 6.45) is -4.39. The molecule has 0 saturated heterocycles. The lowest BCUT2D eigenvalue weighted by molar-refractivity contribution is -0.137. The van der Waals surface area contributed by atoms with E-state index in [9.17, 15) is 13.2 Å². The number of hydrogen-bond acceptors (Lipinski definition) is 2. The van der Waals surface area contributed by atoms with Gasteiger partial charge in [0.2, 0.25) is 0 Å². The highest BCUT2D eigenvalue weighted by Crippen LogP contribution is 2.35. The first kappa shape index (κ1) is 13.5. The van der Waals surface area contributed by atoms with Crippen molar-refractivity contribution >= 4 is 34.0 Å². The molecular formula is C7H7BrClF3N2. The number of hydrogen-bond donors (Lipinski definition) is 2. The molecule has 2 nitrogen and oxygen atoms in total. The Labute approximate surface area is 93.2 Å². The van der Waals surface area contributed by atoms with Crippen LogP contribution in [0.2, 0.25) is 0 Å². The molecule has 7 heteroatoms. The van der Waals surface area contributed by atoms with Gasteiger partial charge in [-0.05, 0) is 18.2 Å². The van der Waals surface area contributed by atoms with Gasteiger partial charge in [0.15, 0.2) is 0 Å². The zero-order chi connectivity index (χ0) is 10.1. The Hall–Kier alpha value is -0.460. The van der Waals surface area contributed by atoms with E-state index in [1.165, 1.54) is 12.1 Å². The molecule has 1 aromatic carbocycles. The Bertz CT molecular complexity index is 316. The number of nitrogens with two attached hydrogens (primary N) is 1. The summed E-state index contributed by atoms with van der Waals surface area (Å²) in [5.41, 5.74) is 1.06. The molecule has 1 rings (SSSR count). The molecule has 0 spiro atoms. The molecule has 0 heterocycles. The van der Waals surface area contributed by atoms with Gasteiger partial charge in [0.25, 0.3) is 0 Å². The summed E-state index contributed by atoms with van der Waals surface area (Å²) in [6.45, 7) is 0. The van der Waals surface area contributed by atoms with E-state index in [-0.39, 0.29) is 18.1 Å². The molecule has 0 aromatic heterocycles. The third-order valence-electron chi connectivity index (χ3n) is 1.44. The van der Waals surface area contributed by atoms with Gasteiger partial charge in [-0.2, -0.15) is 13.2 Å². The molecule has 0 amide bonds. The largest absolute Gasteiger partial charge is 0.418 e. The van der Waals surface area contributed by atoms with Gasteiger partial charge in [-0.15, -0.1) is 12.4 Å². The maximum Gasteiger partial charge on any atom is 0.418 e. The quantitative estimate of drug-likeness (QED) is 0.616. The zero-order valence-corrected chi connectivity index (χ0v) is 9.13. The molecule has 0 bridgehead atoms. The van der Waals surface area contributed by atoms with Crippen LogP contribution in [0.3, 0.4) is 0 Å². The number of rotatable bonds is 1. The first-order valence-electron chi connectivity index (χ1n) is 3.28. The van der Waals surface area contributed by atoms with Crippen LogP contribution in [0.4, 0.5) is 18.9 Å². The van der Waals surface area contributed by atoms with Crippen molar-refractivity contribution in [1.29, 1.82) is 0 Å². The van der Waals surface area contributed by atoms with E-state index in [4.69, 9.17) is 5.84 Å². The Morgan fingerprint density at radius 3 is 2.29 bits per heavy atom. The number of anilines is 1. The Morgan fingerprint density at radius 2 is 1.86 bits per heavy atom. The van der Waals surface area contributed by atoms with Crippen molar-refractivity contribution in [3.63, 3.8) is 0 Å². The van der Waals surface area contributed by atoms with E-state index in [0.717, 1.165) is 6.07 Å². The number of alkyl halides is 3. The highest BCUT2D eigenvalue weighted by molar-refractivity contribution is 9.10. The van der Waals surface area contributed by atoms with Crippen LogP contribution in [0.15, 0.2) is 22.7 Å². The fourth-order valence-corrected chi connectivity index (χ4v) is 1.24. The monoisotopic (exact) mass is 290 g/mol. The number of benzene rings is 1. The fraction of sp³-hybridized carbons (Fsp3) is 0.143. The molecule has 0 atom stereocenters. The fourth-order valence-electron chi connectivity index (χ4n) is 0.883. The molecule has 0 aliphatic rings. The van der Waals surface area contributed by atoms with Crippen LogP contribution < -0.4 is 11.3 Å². The molecular weight excluding hydrogens is 284 g/mol. The highest BCUT2D eigenvalue weighted by Gasteiger charge is 2.33. The lowest BCUT2D eigenvalue weighted by Gasteiger charge is -2.11. The van der Waals surface area contributed by atoms with E-state index in [1.54, 1.807) is 0 Å². The number of halogens is 5. The van der Waals surface area contributed by atoms with Crippen molar-refractivity contribution in [2.24, 2.45) is 5.84 Å². The molecule has 0 saturated carbocycles. The molecule has 0 aliphatic heterocycles. The smallest absolute Gasteiger partial charge is 0.323 e. The molecule has 0 unspecified atom stereocenters. The van der Waals surface area contributed by atoms with Crippen molar-refractivity contribution in [3.05, 3.63) is 28.2 Å². The highest BCUT2D eigenvalue weighted by atomic mass is 79.9. The normalized spacial score (nSPS) is 10.6. The number of nitrogen functional groups attached to an aromatic ring is 1. The van der Waals surface area contributed by atoms with Crippen molar-refractivity contribution in [1.82, 2.24) is 0 Å². The van der Waals surface area contributed by atoms with Crippen molar-refractivity contribution in [2.75, 3.05) is 5.43 Å². The summed E-state index contributed by atoms with van der Waals surface area (Å²) in [5, 5.41) is 0. The van der Waals surface area contributed by atoms with Gasteiger partial charge in [0.05, 0.1) is 11.3 Å². The van der Waals surface area contributed by atoms with E-state index in [0.29, 0.717) is 4.47 Å². The second-order valence-corrected chi connectivity index (χ2v) is 3.25. The van der Waals surface area contributed by atoms with Crippen LogP contribution in [-0.2, 0) is 6.18 Å². The van der Waals surface area contributed by atoms with Crippen molar-refractivity contribution in [2.45, 2.75) is 6.18 Å². The van der Waals surface area contributed by atoms with E-state index >= 15 is 0 Å². The standard InChI is InChI=1S/C7H6BrF3N2.ClH/c8-4-1-2-5(7(9,10)11)6(3-4)13-12;/h1-3,13H,12H2;1H. The van der Waals surface area contributed by atoms with Crippen LogP contribution in [0.5, 0.6) is 0 Å². The average molecular weight is 291 g/mol. The average Bonchev–Trinajstić information content (AvgIpc) is 2.01. The lowest BCUT2D eigenvalue weighted by atomic mass is 10.2. The maximum atomic E-state index is 12.3. The van der Waals surface area contributed by atoms with Gasteiger partial charge in [-0.25, -0.2) is 0 Å². The predicted octanol–water partition coefficient (Wildman–Crippen LogP) is 3.18. The number of hydrazine groups is 1. The molecule has 14 heavy (non-hydrogen) atoms. The molecule has 0 radical (unpaired) electrons. The lowest BCUT2D eigenvalue weighted by Crippen LogP contribution is -2.14. The van der Waals surface area contributed by atoms with Gasteiger partial charge in [0, 0.05) is 4.47 Å². The summed E-state index contributed by atoms with van der Waals surface area (Å²) in [5.74, 6) is 4.95. The Balaban J connectivity index is 0.00000169. The Kier molecular flexibility index (Phi) is 4.70. The molecule has 0 fully saturated rings. The Morgan fingerprint density at radius 1 is 1.29 bits per heavy atom. The zero-order valence-electron chi connectivity index (χ0n) is 6.73. The maximum absolute atomic E-state index is 12.3. The summed E-state index contributed by atoms with van der Waals surface area (Å²) >= 11 is 3.04. The first-order chi connectivity index (χ1) is 5.95. The van der Waals surface area contributed by atoms with Crippen LogP contribution in [0.1, 0.15) is 5.56 Å². The van der Waals surface area contributed by atoms with E-state index in [2.05, 4.69) is 15.9 Å². The molecule has 1 aromatic rings. The van der Waals surface area contributed by atoms with E-state index in [1.807, 2.05) is 5.43 Å². The third kappa shape index (κ3) is 3.04. The minimum absolute atomic E-state index is 0. The van der Waals surface area contributed by atoms with E-state index < -0.39 is 11.7 Å². The number of nitrogens with one attached hydrogen (secondary N) is 1. The molecule has 3 N–H and O–H groups in total. The van der Waals surface area contributed by atoms with Gasteiger partial charge < -0.3 is 5.43 Å². The topological polar surface area (TPSA) is 38.0 Å². The molecule has 80 valence electrons. The summed E-state index contributed by atoms with van der Waals surface area (Å²) in [6, 6.07) is 3.53. The minimum atomic E-state index is -4.39. The summed E-state index contributed by atoms with van der Waals surface area (Å²) in [4.78, 5) is 0. The van der Waals surface area contributed by atoms with Gasteiger partial charge >= 0.3 is 6.18 Å². The van der Waals surface area contributed by atoms with Crippen molar-refractivity contribution < 1.29 is 13.2 Å². The molecule has 0 aliphatic carbocycles. The minimum Gasteiger partial charge on any atom is -0.323 e. The predicted molar refractivity (Wildman–Crippen MR) is 54.2 cm³/mol. The second kappa shape index (κ2) is 4.86. The van der Waals surface area contributed by atoms with Crippen LogP contribution in [0, 0.1) is 0 Å². The van der Waals surface area contributed by atoms with Crippen LogP contribution >= 0.6 is 28.3 Å². The van der Waals surface area contributed by atoms with Crippen LogP contribution in [-0.4, -0.2) is 0 Å². The SMILES string of the molecule is Cl.NNc1cc(Br)ccc1C(F)(F)F. The second-order valence-electron chi connectivity index (χ2n) is 2.33. The first-order valence-corrected chi connectivity index (χ1v) is 4.08. The van der Waals surface area contributed by atoms with Crippen LogP contribution in [0.25, 0.3) is 0 Å². The third-order valence-corrected chi connectivity index (χ3v) is 1.94. The van der Waals surface area contributed by atoms with Gasteiger partial charge in [-0.1, -0.05) is 15.9 Å². The summed E-state index contributed by atoms with van der Waals surface area (Å²) in [7, 11) is 0. The van der Waals surface area contributed by atoms with Gasteiger partial charge in [-0.3, -0.25) is 5.84 Å². The van der Waals surface area contributed by atoms with Crippen molar-refractivity contribution in [3.8, 4) is 0 Å².